The van der Waals surface area contributed by atoms with Crippen LogP contribution in [0.15, 0.2) is 71.9 Å². The zero-order chi connectivity index (χ0) is 17.9. The number of carbonyl (C=O) groups excluding carboxylic acids is 1. The molecule has 2 heterocycles. The smallest absolute Gasteiger partial charge is 0.228 e. The number of anilines is 1. The van der Waals surface area contributed by atoms with E-state index in [0.29, 0.717) is 0 Å². The zero-order valence-corrected chi connectivity index (χ0v) is 14.5. The maximum atomic E-state index is 12.5. The fraction of sp³-hybridized carbons (Fsp3) is 0.143. The van der Waals surface area contributed by atoms with Gasteiger partial charge in [0.25, 0.3) is 0 Å². The summed E-state index contributed by atoms with van der Waals surface area (Å²) in [5.74, 6) is -0.0620. The average molecular weight is 345 g/mol. The first kappa shape index (κ1) is 16.1. The van der Waals surface area contributed by atoms with Crippen molar-refractivity contribution in [2.24, 2.45) is 0 Å². The zero-order valence-electron chi connectivity index (χ0n) is 14.5. The number of furan rings is 1. The number of amides is 1. The first-order valence-corrected chi connectivity index (χ1v) is 8.49. The van der Waals surface area contributed by atoms with Gasteiger partial charge < -0.3 is 14.3 Å². The van der Waals surface area contributed by atoms with E-state index < -0.39 is 0 Å². The van der Waals surface area contributed by atoms with Crippen LogP contribution in [0.1, 0.15) is 16.7 Å². The molecule has 0 radical (unpaired) electrons. The first-order valence-electron chi connectivity index (χ1n) is 8.49. The van der Waals surface area contributed by atoms with E-state index in [9.17, 15) is 4.79 Å². The lowest BCUT2D eigenvalue weighted by Crippen LogP contribution is -2.14. The maximum absolute atomic E-state index is 12.5. The highest BCUT2D eigenvalue weighted by Gasteiger charge is 2.11. The molecular formula is C21H19N3O2. The molecule has 5 nitrogen and oxygen atoms in total. The van der Waals surface area contributed by atoms with Gasteiger partial charge in [-0.1, -0.05) is 24.3 Å². The molecule has 0 aliphatic rings. The highest BCUT2D eigenvalue weighted by atomic mass is 16.3. The van der Waals surface area contributed by atoms with E-state index in [2.05, 4.69) is 10.3 Å². The number of carbonyl (C=O) groups is 1. The number of fused-ring (bicyclic) bond motifs is 1. The monoisotopic (exact) mass is 345 g/mol. The van der Waals surface area contributed by atoms with Gasteiger partial charge in [-0.15, -0.1) is 0 Å². The minimum absolute atomic E-state index is 0.0620. The molecule has 130 valence electrons. The van der Waals surface area contributed by atoms with E-state index in [0.717, 1.165) is 39.9 Å². The van der Waals surface area contributed by atoms with Gasteiger partial charge in [0.15, 0.2) is 0 Å². The molecule has 0 saturated carbocycles. The lowest BCUT2D eigenvalue weighted by atomic mass is 10.1. The topological polar surface area (TPSA) is 60.1 Å². The SMILES string of the molecule is Cc1ccc2c(CC(=O)Nc3cccc(Cn4ccnc4)c3)coc2c1. The van der Waals surface area contributed by atoms with E-state index in [-0.39, 0.29) is 12.3 Å². The standard InChI is InChI=1S/C21H19N3O2/c1-15-5-6-19-17(13-26-20(19)9-15)11-21(25)23-18-4-2-3-16(10-18)12-24-8-7-22-14-24/h2-10,13-14H,11-12H2,1H3,(H,23,25). The maximum Gasteiger partial charge on any atom is 0.228 e. The predicted molar refractivity (Wildman–Crippen MR) is 101 cm³/mol. The van der Waals surface area contributed by atoms with Gasteiger partial charge in [-0.3, -0.25) is 4.79 Å². The molecule has 1 amide bonds. The van der Waals surface area contributed by atoms with Gasteiger partial charge in [0, 0.05) is 35.6 Å². The van der Waals surface area contributed by atoms with Crippen LogP contribution in [-0.4, -0.2) is 15.5 Å². The van der Waals surface area contributed by atoms with Gasteiger partial charge >= 0.3 is 0 Å². The molecule has 2 aromatic heterocycles. The second kappa shape index (κ2) is 6.88. The molecule has 0 atom stereocenters. The van der Waals surface area contributed by atoms with Crippen molar-refractivity contribution in [2.75, 3.05) is 5.32 Å². The quantitative estimate of drug-likeness (QED) is 0.591. The van der Waals surface area contributed by atoms with E-state index in [1.807, 2.05) is 60.2 Å². The minimum Gasteiger partial charge on any atom is -0.464 e. The molecule has 1 N–H and O–H groups in total. The molecule has 0 spiro atoms. The van der Waals surface area contributed by atoms with Crippen LogP contribution < -0.4 is 5.32 Å². The summed E-state index contributed by atoms with van der Waals surface area (Å²) in [6.07, 6.45) is 7.39. The Morgan fingerprint density at radius 1 is 1.23 bits per heavy atom. The summed E-state index contributed by atoms with van der Waals surface area (Å²) in [5, 5.41) is 3.96. The van der Waals surface area contributed by atoms with Gasteiger partial charge in [0.2, 0.25) is 5.91 Å². The molecular weight excluding hydrogens is 326 g/mol. The molecule has 0 unspecified atom stereocenters. The van der Waals surface area contributed by atoms with E-state index >= 15 is 0 Å². The molecule has 0 aliphatic heterocycles. The van der Waals surface area contributed by atoms with Gasteiger partial charge in [0.05, 0.1) is 19.0 Å². The highest BCUT2D eigenvalue weighted by Crippen LogP contribution is 2.23. The molecule has 5 heteroatoms. The molecule has 0 saturated heterocycles. The van der Waals surface area contributed by atoms with Gasteiger partial charge in [-0.2, -0.15) is 0 Å². The number of hydrogen-bond acceptors (Lipinski definition) is 3. The van der Waals surface area contributed by atoms with Crippen molar-refractivity contribution in [1.29, 1.82) is 0 Å². The Morgan fingerprint density at radius 2 is 2.15 bits per heavy atom. The van der Waals surface area contributed by atoms with Crippen molar-refractivity contribution < 1.29 is 9.21 Å². The number of aromatic nitrogens is 2. The van der Waals surface area contributed by atoms with Crippen LogP contribution in [0.25, 0.3) is 11.0 Å². The van der Waals surface area contributed by atoms with E-state index in [4.69, 9.17) is 4.42 Å². The summed E-state index contributed by atoms with van der Waals surface area (Å²) in [4.78, 5) is 16.5. The minimum atomic E-state index is -0.0620. The van der Waals surface area contributed by atoms with Crippen LogP contribution in [0.3, 0.4) is 0 Å². The van der Waals surface area contributed by atoms with Crippen LogP contribution in [0.5, 0.6) is 0 Å². The number of rotatable bonds is 5. The van der Waals surface area contributed by atoms with Gasteiger partial charge in [-0.25, -0.2) is 4.98 Å². The van der Waals surface area contributed by atoms with Crippen LogP contribution >= 0.6 is 0 Å². The molecule has 4 aromatic rings. The second-order valence-corrected chi connectivity index (χ2v) is 6.42. The molecule has 26 heavy (non-hydrogen) atoms. The summed E-state index contributed by atoms with van der Waals surface area (Å²) >= 11 is 0. The van der Waals surface area contributed by atoms with Crippen molar-refractivity contribution in [1.82, 2.24) is 9.55 Å². The third-order valence-electron chi connectivity index (χ3n) is 4.30. The number of imidazole rings is 1. The second-order valence-electron chi connectivity index (χ2n) is 6.42. The molecule has 2 aromatic carbocycles. The van der Waals surface area contributed by atoms with Crippen LogP contribution in [0, 0.1) is 6.92 Å². The van der Waals surface area contributed by atoms with Crippen molar-refractivity contribution >= 4 is 22.6 Å². The summed E-state index contributed by atoms with van der Waals surface area (Å²) in [6, 6.07) is 13.9. The van der Waals surface area contributed by atoms with E-state index in [1.165, 1.54) is 0 Å². The summed E-state index contributed by atoms with van der Waals surface area (Å²) in [6.45, 7) is 2.74. The lowest BCUT2D eigenvalue weighted by Gasteiger charge is -2.08. The Balaban J connectivity index is 1.46. The van der Waals surface area contributed by atoms with E-state index in [1.54, 1.807) is 18.8 Å². The van der Waals surface area contributed by atoms with Crippen molar-refractivity contribution in [3.8, 4) is 0 Å². The van der Waals surface area contributed by atoms with Crippen LogP contribution in [0.2, 0.25) is 0 Å². The van der Waals surface area contributed by atoms with Crippen molar-refractivity contribution in [3.63, 3.8) is 0 Å². The Bertz CT molecular complexity index is 1050. The number of nitrogens with one attached hydrogen (secondary N) is 1. The lowest BCUT2D eigenvalue weighted by molar-refractivity contribution is -0.115. The normalized spacial score (nSPS) is 11.0. The van der Waals surface area contributed by atoms with Crippen molar-refractivity contribution in [2.45, 2.75) is 19.9 Å². The van der Waals surface area contributed by atoms with Crippen molar-refractivity contribution in [3.05, 3.63) is 84.1 Å². The van der Waals surface area contributed by atoms with Gasteiger partial charge in [-0.05, 0) is 36.2 Å². The number of aryl methyl sites for hydroxylation is 1. The Kier molecular flexibility index (Phi) is 4.27. The fourth-order valence-electron chi connectivity index (χ4n) is 3.04. The summed E-state index contributed by atoms with van der Waals surface area (Å²) in [5.41, 5.74) is 4.74. The number of nitrogens with zero attached hydrogens (tertiary/aromatic N) is 2. The molecule has 0 aliphatic carbocycles. The Morgan fingerprint density at radius 3 is 3.00 bits per heavy atom. The first-order chi connectivity index (χ1) is 12.7. The van der Waals surface area contributed by atoms with Crippen LogP contribution in [0.4, 0.5) is 5.69 Å². The largest absolute Gasteiger partial charge is 0.464 e. The van der Waals surface area contributed by atoms with Gasteiger partial charge in [0.1, 0.15) is 5.58 Å². The number of hydrogen-bond donors (Lipinski definition) is 1. The molecule has 4 rings (SSSR count). The predicted octanol–water partition coefficient (Wildman–Crippen LogP) is 4.17. The third kappa shape index (κ3) is 3.52. The fourth-order valence-corrected chi connectivity index (χ4v) is 3.04. The summed E-state index contributed by atoms with van der Waals surface area (Å²) in [7, 11) is 0. The molecule has 0 bridgehead atoms. The average Bonchev–Trinajstić information content (AvgIpc) is 3.25. The molecule has 0 fully saturated rings. The summed E-state index contributed by atoms with van der Waals surface area (Å²) < 4.78 is 7.56. The van der Waals surface area contributed by atoms with Crippen LogP contribution in [-0.2, 0) is 17.8 Å². The Labute approximate surface area is 151 Å². The highest BCUT2D eigenvalue weighted by molar-refractivity contribution is 5.95. The Hall–Kier alpha value is -3.34. The third-order valence-corrected chi connectivity index (χ3v) is 4.30. The number of benzene rings is 2.